The van der Waals surface area contributed by atoms with Gasteiger partial charge in [-0.05, 0) is 62.2 Å². The van der Waals surface area contributed by atoms with Crippen LogP contribution in [0.25, 0.3) is 0 Å². The van der Waals surface area contributed by atoms with Gasteiger partial charge in [0, 0.05) is 11.6 Å². The van der Waals surface area contributed by atoms with Crippen LogP contribution in [-0.2, 0) is 5.54 Å². The molecule has 1 aromatic carbocycles. The zero-order valence-electron chi connectivity index (χ0n) is 16.1. The van der Waals surface area contributed by atoms with Crippen LogP contribution in [0.5, 0.6) is 11.5 Å². The van der Waals surface area contributed by atoms with E-state index in [9.17, 15) is 4.79 Å². The second-order valence-corrected chi connectivity index (χ2v) is 7.90. The van der Waals surface area contributed by atoms with Crippen LogP contribution in [0.3, 0.4) is 0 Å². The lowest BCUT2D eigenvalue weighted by Gasteiger charge is -2.22. The molecule has 26 heavy (non-hydrogen) atoms. The van der Waals surface area contributed by atoms with Gasteiger partial charge in [-0.15, -0.1) is 0 Å². The Labute approximate surface area is 163 Å². The number of rotatable bonds is 6. The number of halogens is 1. The van der Waals surface area contributed by atoms with Gasteiger partial charge in [0.15, 0.2) is 11.5 Å². The van der Waals surface area contributed by atoms with Crippen molar-refractivity contribution >= 4 is 27.7 Å². The first-order valence-corrected chi connectivity index (χ1v) is 9.35. The number of nitrogens with zero attached hydrogens (tertiary/aromatic N) is 2. The number of nitrogens with one attached hydrogen (secondary N) is 1. The third-order valence-electron chi connectivity index (χ3n) is 3.65. The summed E-state index contributed by atoms with van der Waals surface area (Å²) in [6, 6.07) is 5.26. The Balaban J connectivity index is 2.32. The molecule has 1 N–H and O–H groups in total. The summed E-state index contributed by atoms with van der Waals surface area (Å²) in [5.74, 6) is 1.53. The van der Waals surface area contributed by atoms with Crippen LogP contribution in [0.15, 0.2) is 22.7 Å². The van der Waals surface area contributed by atoms with Gasteiger partial charge in [-0.25, -0.2) is 4.68 Å². The van der Waals surface area contributed by atoms with E-state index in [0.717, 1.165) is 12.1 Å². The van der Waals surface area contributed by atoms with Gasteiger partial charge in [0.25, 0.3) is 5.91 Å². The van der Waals surface area contributed by atoms with Gasteiger partial charge in [0.1, 0.15) is 5.82 Å². The summed E-state index contributed by atoms with van der Waals surface area (Å²) < 4.78 is 13.6. The first kappa shape index (κ1) is 20.3. The SMILES string of the molecule is CCCOc1c(Br)cc(C(=O)Nc2cc(C)nn2C(C)(C)C)cc1OC. The quantitative estimate of drug-likeness (QED) is 0.726. The zero-order chi connectivity index (χ0) is 19.5. The number of carbonyl (C=O) groups excluding carboxylic acids is 1. The third kappa shape index (κ3) is 4.58. The largest absolute Gasteiger partial charge is 0.493 e. The van der Waals surface area contributed by atoms with Crippen LogP contribution in [0, 0.1) is 6.92 Å². The Morgan fingerprint density at radius 3 is 2.58 bits per heavy atom. The second-order valence-electron chi connectivity index (χ2n) is 7.05. The van der Waals surface area contributed by atoms with E-state index < -0.39 is 0 Å². The predicted molar refractivity (Wildman–Crippen MR) is 106 cm³/mol. The summed E-state index contributed by atoms with van der Waals surface area (Å²) >= 11 is 3.47. The molecule has 6 nitrogen and oxygen atoms in total. The minimum Gasteiger partial charge on any atom is -0.493 e. The lowest BCUT2D eigenvalue weighted by molar-refractivity contribution is 0.102. The Bertz CT molecular complexity index is 794. The number of benzene rings is 1. The monoisotopic (exact) mass is 423 g/mol. The summed E-state index contributed by atoms with van der Waals surface area (Å²) in [4.78, 5) is 12.8. The molecular weight excluding hydrogens is 398 g/mol. The van der Waals surface area contributed by atoms with Crippen molar-refractivity contribution in [3.05, 3.63) is 33.9 Å². The summed E-state index contributed by atoms with van der Waals surface area (Å²) in [6.45, 7) is 10.6. The first-order valence-electron chi connectivity index (χ1n) is 8.56. The molecule has 0 aliphatic heterocycles. The highest BCUT2D eigenvalue weighted by Gasteiger charge is 2.21. The van der Waals surface area contributed by atoms with Gasteiger partial charge in [-0.3, -0.25) is 4.79 Å². The number of methoxy groups -OCH3 is 1. The topological polar surface area (TPSA) is 65.4 Å². The number of aromatic nitrogens is 2. The second kappa shape index (κ2) is 8.12. The molecule has 2 rings (SSSR count). The fourth-order valence-corrected chi connectivity index (χ4v) is 3.04. The van der Waals surface area contributed by atoms with E-state index in [0.29, 0.717) is 34.0 Å². The van der Waals surface area contributed by atoms with Crippen molar-refractivity contribution in [3.8, 4) is 11.5 Å². The summed E-state index contributed by atoms with van der Waals surface area (Å²) in [6.07, 6.45) is 0.883. The number of aryl methyl sites for hydroxylation is 1. The van der Waals surface area contributed by atoms with Crippen LogP contribution in [-0.4, -0.2) is 29.4 Å². The maximum Gasteiger partial charge on any atom is 0.256 e. The van der Waals surface area contributed by atoms with Crippen molar-refractivity contribution in [1.29, 1.82) is 0 Å². The van der Waals surface area contributed by atoms with Gasteiger partial charge in [-0.2, -0.15) is 5.10 Å². The van der Waals surface area contributed by atoms with E-state index >= 15 is 0 Å². The Morgan fingerprint density at radius 1 is 1.31 bits per heavy atom. The molecule has 0 atom stereocenters. The molecule has 0 fully saturated rings. The van der Waals surface area contributed by atoms with E-state index in [2.05, 4.69) is 26.3 Å². The average Bonchev–Trinajstić information content (AvgIpc) is 2.93. The molecule has 0 bridgehead atoms. The number of carbonyl (C=O) groups is 1. The summed E-state index contributed by atoms with van der Waals surface area (Å²) in [5.41, 5.74) is 1.07. The van der Waals surface area contributed by atoms with Gasteiger partial charge >= 0.3 is 0 Å². The molecule has 1 heterocycles. The Morgan fingerprint density at radius 2 is 2.00 bits per heavy atom. The molecule has 0 aliphatic rings. The minimum absolute atomic E-state index is 0.239. The molecule has 0 aliphatic carbocycles. The number of hydrogen-bond acceptors (Lipinski definition) is 4. The van der Waals surface area contributed by atoms with Crippen molar-refractivity contribution in [2.24, 2.45) is 0 Å². The number of ether oxygens (including phenoxy) is 2. The fraction of sp³-hybridized carbons (Fsp3) is 0.474. The van der Waals surface area contributed by atoms with E-state index in [1.807, 2.05) is 45.4 Å². The molecule has 7 heteroatoms. The predicted octanol–water partition coefficient (Wildman–Crippen LogP) is 4.76. The molecule has 0 radical (unpaired) electrons. The van der Waals surface area contributed by atoms with Crippen LogP contribution < -0.4 is 14.8 Å². The molecule has 0 saturated carbocycles. The van der Waals surface area contributed by atoms with E-state index in [4.69, 9.17) is 9.47 Å². The van der Waals surface area contributed by atoms with Crippen molar-refractivity contribution in [2.45, 2.75) is 46.6 Å². The average molecular weight is 424 g/mol. The molecule has 0 spiro atoms. The highest BCUT2D eigenvalue weighted by molar-refractivity contribution is 9.10. The molecule has 2 aromatic rings. The smallest absolute Gasteiger partial charge is 0.256 e. The lowest BCUT2D eigenvalue weighted by atomic mass is 10.1. The molecule has 0 saturated heterocycles. The Hall–Kier alpha value is -2.02. The summed E-state index contributed by atoms with van der Waals surface area (Å²) in [7, 11) is 1.56. The zero-order valence-corrected chi connectivity index (χ0v) is 17.7. The van der Waals surface area contributed by atoms with E-state index in [1.54, 1.807) is 19.2 Å². The van der Waals surface area contributed by atoms with E-state index in [-0.39, 0.29) is 11.4 Å². The maximum atomic E-state index is 12.8. The summed E-state index contributed by atoms with van der Waals surface area (Å²) in [5, 5.41) is 7.42. The molecule has 0 unspecified atom stereocenters. The van der Waals surface area contributed by atoms with Crippen molar-refractivity contribution in [1.82, 2.24) is 9.78 Å². The highest BCUT2D eigenvalue weighted by Crippen LogP contribution is 2.37. The number of anilines is 1. The van der Waals surface area contributed by atoms with Crippen LogP contribution in [0.1, 0.15) is 50.2 Å². The van der Waals surface area contributed by atoms with Gasteiger partial charge in [-0.1, -0.05) is 6.92 Å². The van der Waals surface area contributed by atoms with Gasteiger partial charge in [0.05, 0.1) is 29.4 Å². The van der Waals surface area contributed by atoms with Gasteiger partial charge in [0.2, 0.25) is 0 Å². The first-order chi connectivity index (χ1) is 12.2. The molecule has 142 valence electrons. The van der Waals surface area contributed by atoms with Crippen LogP contribution >= 0.6 is 15.9 Å². The van der Waals surface area contributed by atoms with Crippen molar-refractivity contribution < 1.29 is 14.3 Å². The number of amides is 1. The van der Waals surface area contributed by atoms with Crippen LogP contribution in [0.4, 0.5) is 5.82 Å². The minimum atomic E-state index is -0.243. The maximum absolute atomic E-state index is 12.8. The lowest BCUT2D eigenvalue weighted by Crippen LogP contribution is -2.26. The van der Waals surface area contributed by atoms with Gasteiger partial charge < -0.3 is 14.8 Å². The molecular formula is C19H26BrN3O3. The number of hydrogen-bond donors (Lipinski definition) is 1. The van der Waals surface area contributed by atoms with Crippen molar-refractivity contribution in [3.63, 3.8) is 0 Å². The van der Waals surface area contributed by atoms with Crippen LogP contribution in [0.2, 0.25) is 0 Å². The highest BCUT2D eigenvalue weighted by atomic mass is 79.9. The molecule has 1 amide bonds. The normalized spacial score (nSPS) is 11.3. The standard InChI is InChI=1S/C19H26BrN3O3/c1-7-8-26-17-14(20)10-13(11-15(17)25-6)18(24)21-16-9-12(2)22-23(16)19(3,4)5/h9-11H,7-8H2,1-6H3,(H,21,24). The van der Waals surface area contributed by atoms with E-state index in [1.165, 1.54) is 0 Å². The van der Waals surface area contributed by atoms with Crippen molar-refractivity contribution in [2.75, 3.05) is 19.0 Å². The Kier molecular flexibility index (Phi) is 6.34. The third-order valence-corrected chi connectivity index (χ3v) is 4.24. The molecule has 1 aromatic heterocycles. The fourth-order valence-electron chi connectivity index (χ4n) is 2.48.